The zero-order valence-electron chi connectivity index (χ0n) is 12.3. The Morgan fingerprint density at radius 1 is 1.38 bits per heavy atom. The third-order valence-electron chi connectivity index (χ3n) is 2.98. The summed E-state index contributed by atoms with van der Waals surface area (Å²) >= 11 is 1.44. The minimum absolute atomic E-state index is 0.309. The standard InChI is InChI=1S/C13H20N4O2S2/c1-9(2)14-7-12-4-13(8-20-12)21(18,19)17-10(3)11-5-15-16-6-11/h4-6,8-10,14,17H,7H2,1-3H3,(H,15,16). The van der Waals surface area contributed by atoms with Gasteiger partial charge in [0.1, 0.15) is 0 Å². The molecule has 0 aliphatic rings. The molecule has 1 unspecified atom stereocenters. The molecule has 0 fully saturated rings. The summed E-state index contributed by atoms with van der Waals surface area (Å²) in [5, 5.41) is 11.4. The molecule has 3 N–H and O–H groups in total. The Labute approximate surface area is 129 Å². The predicted octanol–water partition coefficient (Wildman–Crippen LogP) is 2.01. The lowest BCUT2D eigenvalue weighted by atomic mass is 10.2. The van der Waals surface area contributed by atoms with Crippen molar-refractivity contribution >= 4 is 21.4 Å². The molecule has 2 rings (SSSR count). The molecule has 6 nitrogen and oxygen atoms in total. The second-order valence-corrected chi connectivity index (χ2v) is 7.87. The first kappa shape index (κ1) is 16.2. The summed E-state index contributed by atoms with van der Waals surface area (Å²) in [6, 6.07) is 1.75. The van der Waals surface area contributed by atoms with Crippen molar-refractivity contribution in [2.24, 2.45) is 0 Å². The van der Waals surface area contributed by atoms with E-state index >= 15 is 0 Å². The van der Waals surface area contributed by atoms with E-state index < -0.39 is 10.0 Å². The third-order valence-corrected chi connectivity index (χ3v) is 5.58. The van der Waals surface area contributed by atoms with Crippen LogP contribution in [0.2, 0.25) is 0 Å². The summed E-state index contributed by atoms with van der Waals surface area (Å²) < 4.78 is 27.3. The number of aromatic nitrogens is 2. The van der Waals surface area contributed by atoms with Crippen molar-refractivity contribution in [3.8, 4) is 0 Å². The maximum atomic E-state index is 12.3. The first-order valence-corrected chi connectivity index (χ1v) is 9.06. The minimum Gasteiger partial charge on any atom is -0.310 e. The molecule has 0 saturated carbocycles. The van der Waals surface area contributed by atoms with Crippen LogP contribution < -0.4 is 10.0 Å². The first-order valence-electron chi connectivity index (χ1n) is 6.70. The zero-order valence-corrected chi connectivity index (χ0v) is 13.9. The summed E-state index contributed by atoms with van der Waals surface area (Å²) in [6.45, 7) is 6.57. The van der Waals surface area contributed by atoms with E-state index in [9.17, 15) is 8.42 Å². The van der Waals surface area contributed by atoms with Crippen molar-refractivity contribution in [2.45, 2.75) is 44.3 Å². The Morgan fingerprint density at radius 2 is 2.14 bits per heavy atom. The van der Waals surface area contributed by atoms with Gasteiger partial charge in [0.25, 0.3) is 0 Å². The van der Waals surface area contributed by atoms with Crippen molar-refractivity contribution in [3.63, 3.8) is 0 Å². The zero-order chi connectivity index (χ0) is 15.5. The van der Waals surface area contributed by atoms with Crippen LogP contribution in [0.1, 0.15) is 37.3 Å². The average Bonchev–Trinajstić information content (AvgIpc) is 3.07. The lowest BCUT2D eigenvalue weighted by Crippen LogP contribution is -2.26. The number of sulfonamides is 1. The normalized spacial score (nSPS) is 13.7. The Balaban J connectivity index is 2.05. The highest BCUT2D eigenvalue weighted by atomic mass is 32.2. The van der Waals surface area contributed by atoms with Gasteiger partial charge in [-0.05, 0) is 13.0 Å². The quantitative estimate of drug-likeness (QED) is 0.725. The van der Waals surface area contributed by atoms with Crippen molar-refractivity contribution in [1.29, 1.82) is 0 Å². The van der Waals surface area contributed by atoms with Gasteiger partial charge < -0.3 is 5.32 Å². The van der Waals surface area contributed by atoms with Gasteiger partial charge in [0.15, 0.2) is 0 Å². The van der Waals surface area contributed by atoms with Crippen LogP contribution in [0, 0.1) is 0 Å². The van der Waals surface area contributed by atoms with Gasteiger partial charge in [0.05, 0.1) is 11.1 Å². The molecule has 0 bridgehead atoms. The highest BCUT2D eigenvalue weighted by Crippen LogP contribution is 2.21. The van der Waals surface area contributed by atoms with Crippen molar-refractivity contribution in [1.82, 2.24) is 20.2 Å². The highest BCUT2D eigenvalue weighted by molar-refractivity contribution is 7.89. The number of H-pyrrole nitrogens is 1. The van der Waals surface area contributed by atoms with E-state index in [0.717, 1.165) is 10.4 Å². The van der Waals surface area contributed by atoms with Gasteiger partial charge in [-0.25, -0.2) is 13.1 Å². The SMILES string of the molecule is CC(C)NCc1cc(S(=O)(=O)NC(C)c2cn[nH]c2)cs1. The van der Waals surface area contributed by atoms with Crippen LogP contribution >= 0.6 is 11.3 Å². The summed E-state index contributed by atoms with van der Waals surface area (Å²) in [7, 11) is -3.51. The van der Waals surface area contributed by atoms with E-state index in [2.05, 4.69) is 34.1 Å². The molecule has 2 aromatic heterocycles. The predicted molar refractivity (Wildman–Crippen MR) is 83.6 cm³/mol. The summed E-state index contributed by atoms with van der Waals surface area (Å²) in [5.41, 5.74) is 0.801. The molecule has 116 valence electrons. The summed E-state index contributed by atoms with van der Waals surface area (Å²) in [5.74, 6) is 0. The molecular formula is C13H20N4O2S2. The Kier molecular flexibility index (Phi) is 5.15. The van der Waals surface area contributed by atoms with Gasteiger partial charge in [-0.2, -0.15) is 5.10 Å². The van der Waals surface area contributed by atoms with Gasteiger partial charge in [0.2, 0.25) is 10.0 Å². The van der Waals surface area contributed by atoms with Crippen LogP contribution in [0.5, 0.6) is 0 Å². The molecule has 0 saturated heterocycles. The fourth-order valence-corrected chi connectivity index (χ4v) is 4.22. The average molecular weight is 328 g/mol. The van der Waals surface area contributed by atoms with E-state index in [1.165, 1.54) is 11.3 Å². The van der Waals surface area contributed by atoms with Crippen LogP contribution in [-0.2, 0) is 16.6 Å². The molecular weight excluding hydrogens is 308 g/mol. The molecule has 0 aliphatic heterocycles. The number of rotatable bonds is 7. The monoisotopic (exact) mass is 328 g/mol. The lowest BCUT2D eigenvalue weighted by Gasteiger charge is -2.11. The summed E-state index contributed by atoms with van der Waals surface area (Å²) in [4.78, 5) is 1.31. The van der Waals surface area contributed by atoms with Crippen molar-refractivity contribution in [3.05, 3.63) is 34.3 Å². The van der Waals surface area contributed by atoms with E-state index in [-0.39, 0.29) is 6.04 Å². The Hall–Kier alpha value is -1.22. The molecule has 0 aromatic carbocycles. The van der Waals surface area contributed by atoms with Gasteiger partial charge >= 0.3 is 0 Å². The van der Waals surface area contributed by atoms with Gasteiger partial charge in [-0.1, -0.05) is 13.8 Å². The number of aromatic amines is 1. The van der Waals surface area contributed by atoms with E-state index in [0.29, 0.717) is 17.5 Å². The minimum atomic E-state index is -3.51. The molecule has 21 heavy (non-hydrogen) atoms. The van der Waals surface area contributed by atoms with E-state index in [1.807, 2.05) is 0 Å². The highest BCUT2D eigenvalue weighted by Gasteiger charge is 2.20. The second kappa shape index (κ2) is 6.69. The Bertz CT molecular complexity index is 662. The van der Waals surface area contributed by atoms with Crippen LogP contribution in [-0.4, -0.2) is 24.7 Å². The van der Waals surface area contributed by atoms with Crippen LogP contribution in [0.4, 0.5) is 0 Å². The fourth-order valence-electron chi connectivity index (χ4n) is 1.77. The maximum Gasteiger partial charge on any atom is 0.241 e. The molecule has 2 aromatic rings. The van der Waals surface area contributed by atoms with E-state index in [1.54, 1.807) is 30.8 Å². The lowest BCUT2D eigenvalue weighted by molar-refractivity contribution is 0.567. The molecule has 0 radical (unpaired) electrons. The molecule has 0 amide bonds. The fraction of sp³-hybridized carbons (Fsp3) is 0.462. The van der Waals surface area contributed by atoms with Gasteiger partial charge in [-0.15, -0.1) is 11.3 Å². The van der Waals surface area contributed by atoms with Crippen LogP contribution in [0.25, 0.3) is 0 Å². The molecule has 0 aliphatic carbocycles. The largest absolute Gasteiger partial charge is 0.310 e. The summed E-state index contributed by atoms with van der Waals surface area (Å²) in [6.07, 6.45) is 3.29. The number of nitrogens with zero attached hydrogens (tertiary/aromatic N) is 1. The molecule has 2 heterocycles. The third kappa shape index (κ3) is 4.37. The molecule has 0 spiro atoms. The maximum absolute atomic E-state index is 12.3. The second-order valence-electron chi connectivity index (χ2n) is 5.16. The van der Waals surface area contributed by atoms with E-state index in [4.69, 9.17) is 0 Å². The Morgan fingerprint density at radius 3 is 2.76 bits per heavy atom. The first-order chi connectivity index (χ1) is 9.88. The van der Waals surface area contributed by atoms with Gasteiger partial charge in [-0.3, -0.25) is 5.10 Å². The van der Waals surface area contributed by atoms with Gasteiger partial charge in [0, 0.05) is 40.6 Å². The topological polar surface area (TPSA) is 86.9 Å². The van der Waals surface area contributed by atoms with Crippen molar-refractivity contribution in [2.75, 3.05) is 0 Å². The number of nitrogens with one attached hydrogen (secondary N) is 3. The van der Waals surface area contributed by atoms with Crippen LogP contribution in [0.3, 0.4) is 0 Å². The van der Waals surface area contributed by atoms with Crippen molar-refractivity contribution < 1.29 is 8.42 Å². The number of hydrogen-bond acceptors (Lipinski definition) is 5. The van der Waals surface area contributed by atoms with Crippen LogP contribution in [0.15, 0.2) is 28.7 Å². The number of thiophene rings is 1. The number of hydrogen-bond donors (Lipinski definition) is 3. The molecule has 1 atom stereocenters. The molecule has 8 heteroatoms. The smallest absolute Gasteiger partial charge is 0.241 e.